The predicted octanol–water partition coefficient (Wildman–Crippen LogP) is 0.234. The summed E-state index contributed by atoms with van der Waals surface area (Å²) in [4.78, 5) is 0. The van der Waals surface area contributed by atoms with E-state index in [9.17, 15) is 8.42 Å². The fraction of sp³-hybridized carbons (Fsp3) is 0.700. The molecule has 96 valence electrons. The minimum Gasteiger partial charge on any atom is -0.360 e. The van der Waals surface area contributed by atoms with Gasteiger partial charge in [-0.1, -0.05) is 5.16 Å². The second-order valence-corrected chi connectivity index (χ2v) is 6.52. The van der Waals surface area contributed by atoms with E-state index in [-0.39, 0.29) is 6.54 Å². The van der Waals surface area contributed by atoms with Gasteiger partial charge >= 0.3 is 0 Å². The molecule has 2 N–H and O–H groups in total. The number of hydrogen-bond donors (Lipinski definition) is 2. The smallest absolute Gasteiger partial charge is 0.215 e. The van der Waals surface area contributed by atoms with Gasteiger partial charge in [-0.25, -0.2) is 13.1 Å². The first-order chi connectivity index (χ1) is 8.08. The predicted molar refractivity (Wildman–Crippen MR) is 62.7 cm³/mol. The number of rotatable bonds is 7. The van der Waals surface area contributed by atoms with E-state index in [0.717, 1.165) is 12.8 Å². The molecule has 1 saturated carbocycles. The molecule has 1 aromatic rings. The van der Waals surface area contributed by atoms with Crippen LogP contribution in [0.15, 0.2) is 16.8 Å². The van der Waals surface area contributed by atoms with Crippen molar-refractivity contribution in [3.05, 3.63) is 18.0 Å². The van der Waals surface area contributed by atoms with Gasteiger partial charge in [0.05, 0.1) is 18.0 Å². The fourth-order valence-electron chi connectivity index (χ4n) is 1.38. The van der Waals surface area contributed by atoms with E-state index in [0.29, 0.717) is 18.3 Å². The summed E-state index contributed by atoms with van der Waals surface area (Å²) in [5.41, 5.74) is 0. The van der Waals surface area contributed by atoms with Gasteiger partial charge in [-0.2, -0.15) is 0 Å². The summed E-state index contributed by atoms with van der Waals surface area (Å²) in [6.45, 7) is 2.32. The second kappa shape index (κ2) is 5.16. The molecule has 1 aliphatic carbocycles. The lowest BCUT2D eigenvalue weighted by Crippen LogP contribution is -2.39. The topological polar surface area (TPSA) is 84.2 Å². The lowest BCUT2D eigenvalue weighted by atomic mass is 10.4. The number of aromatic nitrogens is 1. The van der Waals surface area contributed by atoms with Crippen molar-refractivity contribution in [1.29, 1.82) is 0 Å². The molecule has 1 atom stereocenters. The molecule has 2 rings (SSSR count). The van der Waals surface area contributed by atoms with E-state index in [1.165, 1.54) is 6.20 Å². The van der Waals surface area contributed by atoms with Crippen LogP contribution in [0.25, 0.3) is 0 Å². The molecule has 1 fully saturated rings. The van der Waals surface area contributed by atoms with Crippen molar-refractivity contribution in [2.75, 3.05) is 6.54 Å². The highest BCUT2D eigenvalue weighted by Crippen LogP contribution is 2.18. The average Bonchev–Trinajstić information content (AvgIpc) is 2.97. The molecule has 7 heteroatoms. The van der Waals surface area contributed by atoms with Crippen LogP contribution in [0, 0.1) is 0 Å². The van der Waals surface area contributed by atoms with Crippen LogP contribution < -0.4 is 10.0 Å². The molecule has 0 aliphatic heterocycles. The summed E-state index contributed by atoms with van der Waals surface area (Å²) >= 11 is 0. The molecule has 1 aromatic heterocycles. The highest BCUT2D eigenvalue weighted by atomic mass is 32.2. The zero-order chi connectivity index (χ0) is 12.3. The normalized spacial score (nSPS) is 18.2. The van der Waals surface area contributed by atoms with Gasteiger partial charge in [-0.05, 0) is 19.8 Å². The molecule has 1 unspecified atom stereocenters. The lowest BCUT2D eigenvalue weighted by Gasteiger charge is -2.13. The molecule has 1 aliphatic rings. The van der Waals surface area contributed by atoms with E-state index in [4.69, 9.17) is 4.52 Å². The quantitative estimate of drug-likeness (QED) is 0.732. The molecule has 0 bridgehead atoms. The zero-order valence-corrected chi connectivity index (χ0v) is 10.5. The third-order valence-corrected chi connectivity index (χ3v) is 4.51. The number of sulfonamides is 1. The Hall–Kier alpha value is -0.920. The van der Waals surface area contributed by atoms with Gasteiger partial charge in [-0.15, -0.1) is 0 Å². The minimum absolute atomic E-state index is 0.149. The molecule has 0 radical (unpaired) electrons. The van der Waals surface area contributed by atoms with Crippen LogP contribution in [0.5, 0.6) is 0 Å². The summed E-state index contributed by atoms with van der Waals surface area (Å²) in [6, 6.07) is 2.15. The Morgan fingerprint density at radius 3 is 2.94 bits per heavy atom. The van der Waals surface area contributed by atoms with Gasteiger partial charge in [0, 0.05) is 18.7 Å². The maximum absolute atomic E-state index is 11.8. The summed E-state index contributed by atoms with van der Waals surface area (Å²) in [5, 5.41) is 6.26. The van der Waals surface area contributed by atoms with Crippen LogP contribution in [-0.2, 0) is 16.6 Å². The van der Waals surface area contributed by atoms with E-state index in [2.05, 4.69) is 15.2 Å². The maximum atomic E-state index is 11.8. The van der Waals surface area contributed by atoms with Crippen molar-refractivity contribution >= 4 is 10.0 Å². The van der Waals surface area contributed by atoms with Crippen molar-refractivity contribution in [3.63, 3.8) is 0 Å². The Bertz CT molecular complexity index is 439. The monoisotopic (exact) mass is 259 g/mol. The molecular formula is C10H17N3O3S. The largest absolute Gasteiger partial charge is 0.360 e. The Kier molecular flexibility index (Phi) is 3.80. The maximum Gasteiger partial charge on any atom is 0.215 e. The van der Waals surface area contributed by atoms with Crippen LogP contribution in [0.3, 0.4) is 0 Å². The summed E-state index contributed by atoms with van der Waals surface area (Å²) < 4.78 is 31.0. The Morgan fingerprint density at radius 2 is 2.35 bits per heavy atom. The fourth-order valence-corrected chi connectivity index (χ4v) is 2.32. The standard InChI is InChI=1S/C10H17N3O3S/c1-8(6-11-9-2-3-9)17(14,15)13-7-10-4-5-12-16-10/h4-5,8-9,11,13H,2-3,6-7H2,1H3. The van der Waals surface area contributed by atoms with E-state index >= 15 is 0 Å². The van der Waals surface area contributed by atoms with Crippen LogP contribution in [0.2, 0.25) is 0 Å². The summed E-state index contributed by atoms with van der Waals surface area (Å²) in [6.07, 6.45) is 3.79. The highest BCUT2D eigenvalue weighted by molar-refractivity contribution is 7.90. The van der Waals surface area contributed by atoms with E-state index in [1.807, 2.05) is 0 Å². The number of hydrogen-bond acceptors (Lipinski definition) is 5. The van der Waals surface area contributed by atoms with E-state index < -0.39 is 15.3 Å². The molecule has 6 nitrogen and oxygen atoms in total. The summed E-state index contributed by atoms with van der Waals surface area (Å²) in [7, 11) is -3.30. The van der Waals surface area contributed by atoms with Gasteiger partial charge in [0.2, 0.25) is 10.0 Å². The highest BCUT2D eigenvalue weighted by Gasteiger charge is 2.25. The number of nitrogens with zero attached hydrogens (tertiary/aromatic N) is 1. The van der Waals surface area contributed by atoms with E-state index in [1.54, 1.807) is 13.0 Å². The zero-order valence-electron chi connectivity index (χ0n) is 9.72. The van der Waals surface area contributed by atoms with Crippen molar-refractivity contribution in [1.82, 2.24) is 15.2 Å². The molecule has 0 amide bonds. The molecular weight excluding hydrogens is 242 g/mol. The minimum atomic E-state index is -3.30. The van der Waals surface area contributed by atoms with Crippen LogP contribution in [0.4, 0.5) is 0 Å². The van der Waals surface area contributed by atoms with Crippen LogP contribution >= 0.6 is 0 Å². The van der Waals surface area contributed by atoms with Crippen LogP contribution in [0.1, 0.15) is 25.5 Å². The van der Waals surface area contributed by atoms with Gasteiger partial charge in [0.1, 0.15) is 0 Å². The van der Waals surface area contributed by atoms with Gasteiger partial charge in [0.15, 0.2) is 5.76 Å². The molecule has 0 aromatic carbocycles. The van der Waals surface area contributed by atoms with Gasteiger partial charge in [0.25, 0.3) is 0 Å². The molecule has 0 saturated heterocycles. The third-order valence-electron chi connectivity index (χ3n) is 2.74. The van der Waals surface area contributed by atoms with Gasteiger partial charge < -0.3 is 9.84 Å². The van der Waals surface area contributed by atoms with Crippen molar-refractivity contribution in [2.24, 2.45) is 0 Å². The van der Waals surface area contributed by atoms with Crippen molar-refractivity contribution in [2.45, 2.75) is 37.6 Å². The lowest BCUT2D eigenvalue weighted by molar-refractivity contribution is 0.380. The average molecular weight is 259 g/mol. The molecule has 17 heavy (non-hydrogen) atoms. The molecule has 0 spiro atoms. The first-order valence-electron chi connectivity index (χ1n) is 5.69. The van der Waals surface area contributed by atoms with Crippen LogP contribution in [-0.4, -0.2) is 31.4 Å². The second-order valence-electron chi connectivity index (χ2n) is 4.34. The first kappa shape index (κ1) is 12.5. The number of nitrogens with one attached hydrogen (secondary N) is 2. The van der Waals surface area contributed by atoms with Crippen molar-refractivity contribution in [3.8, 4) is 0 Å². The first-order valence-corrected chi connectivity index (χ1v) is 7.24. The Labute approximate surface area is 101 Å². The van der Waals surface area contributed by atoms with Crippen molar-refractivity contribution < 1.29 is 12.9 Å². The Morgan fingerprint density at radius 1 is 1.59 bits per heavy atom. The third kappa shape index (κ3) is 3.79. The summed E-state index contributed by atoms with van der Waals surface area (Å²) in [5.74, 6) is 0.510. The van der Waals surface area contributed by atoms with Gasteiger partial charge in [-0.3, -0.25) is 0 Å². The molecule has 1 heterocycles. The Balaban J connectivity index is 1.79. The SMILES string of the molecule is CC(CNC1CC1)S(=O)(=O)NCc1ccno1.